The van der Waals surface area contributed by atoms with Crippen LogP contribution in [-0.4, -0.2) is 71.5 Å². The molecule has 2 aliphatic rings. The second kappa shape index (κ2) is 6.85. The summed E-state index contributed by atoms with van der Waals surface area (Å²) in [6.45, 7) is 4.90. The lowest BCUT2D eigenvalue weighted by Crippen LogP contribution is -2.37. The lowest BCUT2D eigenvalue weighted by Gasteiger charge is -2.26. The molecule has 3 rings (SSSR count). The van der Waals surface area contributed by atoms with Crippen molar-refractivity contribution in [2.45, 2.75) is 12.8 Å². The summed E-state index contributed by atoms with van der Waals surface area (Å²) in [6.07, 6.45) is 3.74. The first-order valence-electron chi connectivity index (χ1n) is 7.48. The highest BCUT2D eigenvalue weighted by molar-refractivity contribution is 6.52. The number of aromatic nitrogens is 2. The maximum absolute atomic E-state index is 12.2. The third kappa shape index (κ3) is 3.26. The Kier molecular flexibility index (Phi) is 4.65. The van der Waals surface area contributed by atoms with Crippen molar-refractivity contribution in [2.75, 3.05) is 39.4 Å². The topological polar surface area (TPSA) is 84.8 Å². The van der Waals surface area contributed by atoms with E-state index < -0.39 is 0 Å². The van der Waals surface area contributed by atoms with Crippen LogP contribution in [0.25, 0.3) is 0 Å². The van der Waals surface area contributed by atoms with Crippen molar-refractivity contribution < 1.29 is 14.3 Å². The molecule has 2 heterocycles. The number of nitrogens with zero attached hydrogens (tertiary/aromatic N) is 4. The number of fused-ring (bicyclic) bond motifs is 1. The monoisotopic (exact) mass is 302 g/mol. The molecule has 1 saturated heterocycles. The second-order valence-corrected chi connectivity index (χ2v) is 5.32. The van der Waals surface area contributed by atoms with E-state index in [1.54, 1.807) is 0 Å². The fourth-order valence-corrected chi connectivity index (χ4v) is 2.62. The summed E-state index contributed by atoms with van der Waals surface area (Å²) in [6, 6.07) is 0. The Hall–Kier alpha value is -1.99. The molecule has 7 nitrogen and oxygen atoms in total. The number of ether oxygens (including phenoxy) is 1. The first-order chi connectivity index (χ1) is 10.8. The Labute approximate surface area is 128 Å². The highest BCUT2D eigenvalue weighted by Gasteiger charge is 2.31. The fraction of sp³-hybridized carbons (Fsp3) is 0.533. The van der Waals surface area contributed by atoms with Crippen molar-refractivity contribution in [3.05, 3.63) is 23.8 Å². The number of ketones is 2. The van der Waals surface area contributed by atoms with Gasteiger partial charge in [-0.1, -0.05) is 0 Å². The molecule has 1 aromatic rings. The van der Waals surface area contributed by atoms with E-state index in [0.29, 0.717) is 12.3 Å². The molecule has 116 valence electrons. The van der Waals surface area contributed by atoms with E-state index in [9.17, 15) is 9.59 Å². The van der Waals surface area contributed by atoms with Crippen molar-refractivity contribution in [2.24, 2.45) is 4.99 Å². The zero-order valence-electron chi connectivity index (χ0n) is 12.3. The van der Waals surface area contributed by atoms with Gasteiger partial charge in [-0.25, -0.2) is 9.97 Å². The van der Waals surface area contributed by atoms with Gasteiger partial charge in [0.2, 0.25) is 5.78 Å². The van der Waals surface area contributed by atoms with Gasteiger partial charge in [-0.15, -0.1) is 0 Å². The summed E-state index contributed by atoms with van der Waals surface area (Å²) in [5.74, 6) is -0.455. The Morgan fingerprint density at radius 2 is 1.86 bits per heavy atom. The summed E-state index contributed by atoms with van der Waals surface area (Å²) >= 11 is 0. The molecule has 0 bridgehead atoms. The molecule has 1 aromatic heterocycles. The van der Waals surface area contributed by atoms with E-state index in [1.807, 2.05) is 0 Å². The van der Waals surface area contributed by atoms with Crippen molar-refractivity contribution in [3.8, 4) is 0 Å². The Morgan fingerprint density at radius 3 is 2.64 bits per heavy atom. The van der Waals surface area contributed by atoms with Crippen molar-refractivity contribution in [1.82, 2.24) is 14.9 Å². The molecule has 0 N–H and O–H groups in total. The molecule has 0 atom stereocenters. The second-order valence-electron chi connectivity index (χ2n) is 5.32. The van der Waals surface area contributed by atoms with Gasteiger partial charge in [-0.3, -0.25) is 19.5 Å². The quantitative estimate of drug-likeness (QED) is 0.749. The van der Waals surface area contributed by atoms with Crippen LogP contribution < -0.4 is 0 Å². The van der Waals surface area contributed by atoms with E-state index >= 15 is 0 Å². The Bertz CT molecular complexity index is 609. The summed E-state index contributed by atoms with van der Waals surface area (Å²) < 4.78 is 5.30. The molecular weight excluding hydrogens is 284 g/mol. The Balaban J connectivity index is 1.58. The van der Waals surface area contributed by atoms with Gasteiger partial charge >= 0.3 is 0 Å². The molecule has 0 aromatic carbocycles. The lowest BCUT2D eigenvalue weighted by atomic mass is 9.96. The third-order valence-electron chi connectivity index (χ3n) is 3.81. The average molecular weight is 302 g/mol. The summed E-state index contributed by atoms with van der Waals surface area (Å²) in [7, 11) is 0. The number of hydrogen-bond donors (Lipinski definition) is 0. The number of aliphatic imine (C=N–C) groups is 1. The number of Topliss-reactive ketones (excluding diaryl/α,β-unsaturated/α-hetero) is 2. The molecule has 1 aliphatic carbocycles. The van der Waals surface area contributed by atoms with E-state index in [1.165, 1.54) is 12.4 Å². The minimum absolute atomic E-state index is 0.0298. The van der Waals surface area contributed by atoms with Crippen LogP contribution in [0.4, 0.5) is 0 Å². The van der Waals surface area contributed by atoms with Gasteiger partial charge in [0.05, 0.1) is 25.3 Å². The van der Waals surface area contributed by atoms with Crippen LogP contribution in [0.1, 0.15) is 33.8 Å². The predicted molar refractivity (Wildman–Crippen MR) is 79.5 cm³/mol. The first kappa shape index (κ1) is 14.9. The normalized spacial score (nSPS) is 21.2. The molecular formula is C15H18N4O3. The molecule has 0 spiro atoms. The van der Waals surface area contributed by atoms with Crippen LogP contribution in [0.2, 0.25) is 0 Å². The van der Waals surface area contributed by atoms with Crippen LogP contribution in [0.15, 0.2) is 17.4 Å². The van der Waals surface area contributed by atoms with Crippen LogP contribution in [0.3, 0.4) is 0 Å². The van der Waals surface area contributed by atoms with Gasteiger partial charge in [0.25, 0.3) is 0 Å². The van der Waals surface area contributed by atoms with E-state index in [-0.39, 0.29) is 29.4 Å². The van der Waals surface area contributed by atoms with E-state index in [2.05, 4.69) is 19.9 Å². The standard InChI is InChI=1S/C15H18N4O3/c20-12-10-11(15(21)14-13(12)17-3-4-18-14)16-2-1-5-19-6-8-22-9-7-19/h3-4H,1-2,5-10H2. The van der Waals surface area contributed by atoms with Gasteiger partial charge < -0.3 is 4.74 Å². The van der Waals surface area contributed by atoms with Crippen LogP contribution in [0.5, 0.6) is 0 Å². The number of carbonyl (C=O) groups is 2. The molecule has 0 saturated carbocycles. The molecule has 1 fully saturated rings. The van der Waals surface area contributed by atoms with Gasteiger partial charge in [0, 0.05) is 38.6 Å². The largest absolute Gasteiger partial charge is 0.379 e. The highest BCUT2D eigenvalue weighted by atomic mass is 16.5. The zero-order valence-corrected chi connectivity index (χ0v) is 12.3. The SMILES string of the molecule is O=C1CC(=NCCCN2CCOCC2)C(=O)c2nccnc21. The van der Waals surface area contributed by atoms with E-state index in [0.717, 1.165) is 39.3 Å². The van der Waals surface area contributed by atoms with Gasteiger partial charge in [-0.2, -0.15) is 0 Å². The van der Waals surface area contributed by atoms with Gasteiger partial charge in [0.1, 0.15) is 11.4 Å². The average Bonchev–Trinajstić information content (AvgIpc) is 2.57. The molecule has 0 amide bonds. The maximum Gasteiger partial charge on any atom is 0.227 e. The van der Waals surface area contributed by atoms with Gasteiger partial charge in [0.15, 0.2) is 5.78 Å². The predicted octanol–water partition coefficient (Wildman–Crippen LogP) is 0.409. The molecule has 7 heteroatoms. The van der Waals surface area contributed by atoms with E-state index in [4.69, 9.17) is 4.74 Å². The first-order valence-corrected chi connectivity index (χ1v) is 7.48. The highest BCUT2D eigenvalue weighted by Crippen LogP contribution is 2.15. The molecule has 1 aliphatic heterocycles. The summed E-state index contributed by atoms with van der Waals surface area (Å²) in [5, 5.41) is 0. The van der Waals surface area contributed by atoms with Crippen molar-refractivity contribution >= 4 is 17.3 Å². The molecule has 0 radical (unpaired) electrons. The van der Waals surface area contributed by atoms with Gasteiger partial charge in [-0.05, 0) is 6.42 Å². The smallest absolute Gasteiger partial charge is 0.227 e. The fourth-order valence-electron chi connectivity index (χ4n) is 2.62. The Morgan fingerprint density at radius 1 is 1.14 bits per heavy atom. The summed E-state index contributed by atoms with van der Waals surface area (Å²) in [4.78, 5) is 38.7. The van der Waals surface area contributed by atoms with Crippen molar-refractivity contribution in [3.63, 3.8) is 0 Å². The number of morpholine rings is 1. The number of hydrogen-bond acceptors (Lipinski definition) is 7. The lowest BCUT2D eigenvalue weighted by molar-refractivity contribution is 0.0377. The maximum atomic E-state index is 12.2. The van der Waals surface area contributed by atoms with Crippen LogP contribution in [0, 0.1) is 0 Å². The minimum atomic E-state index is -0.269. The van der Waals surface area contributed by atoms with Crippen LogP contribution >= 0.6 is 0 Å². The molecule has 22 heavy (non-hydrogen) atoms. The third-order valence-corrected chi connectivity index (χ3v) is 3.81. The van der Waals surface area contributed by atoms with Crippen molar-refractivity contribution in [1.29, 1.82) is 0 Å². The zero-order chi connectivity index (χ0) is 15.4. The molecule has 0 unspecified atom stereocenters. The number of rotatable bonds is 4. The number of carbonyl (C=O) groups excluding carboxylic acids is 2. The summed E-state index contributed by atoms with van der Waals surface area (Å²) in [5.41, 5.74) is 0.602. The van der Waals surface area contributed by atoms with Crippen LogP contribution in [-0.2, 0) is 4.74 Å². The minimum Gasteiger partial charge on any atom is -0.379 e.